The van der Waals surface area contributed by atoms with Crippen molar-refractivity contribution in [2.24, 2.45) is 0 Å². The Kier molecular flexibility index (Phi) is 6.36. The smallest absolute Gasteiger partial charge is 0.357 e. The zero-order valence-corrected chi connectivity index (χ0v) is 12.0. The summed E-state index contributed by atoms with van der Waals surface area (Å²) in [5.74, 6) is 0.680. The molecule has 1 unspecified atom stereocenters. The standard InChI is InChI=1S/C11H18N2O2S2/c1-4-8(6-16-3)12-11-13-9(7-17-11)10(14)15-5-2/h7-8H,4-6H2,1-3H3,(H,12,13). The number of hydrogen-bond acceptors (Lipinski definition) is 6. The molecule has 0 fully saturated rings. The zero-order chi connectivity index (χ0) is 12.7. The second kappa shape index (κ2) is 7.55. The predicted molar refractivity (Wildman–Crippen MR) is 74.2 cm³/mol. The summed E-state index contributed by atoms with van der Waals surface area (Å²) in [6.07, 6.45) is 3.12. The first-order valence-electron chi connectivity index (χ1n) is 5.59. The Morgan fingerprint density at radius 1 is 1.65 bits per heavy atom. The summed E-state index contributed by atoms with van der Waals surface area (Å²) in [6.45, 7) is 4.30. The highest BCUT2D eigenvalue weighted by atomic mass is 32.2. The summed E-state index contributed by atoms with van der Waals surface area (Å²) in [7, 11) is 0. The van der Waals surface area contributed by atoms with Gasteiger partial charge in [-0.25, -0.2) is 9.78 Å². The van der Waals surface area contributed by atoms with E-state index >= 15 is 0 Å². The number of rotatable bonds is 7. The van der Waals surface area contributed by atoms with Crippen LogP contribution in [0.1, 0.15) is 30.8 Å². The molecule has 6 heteroatoms. The number of carbonyl (C=O) groups is 1. The van der Waals surface area contributed by atoms with Crippen molar-refractivity contribution in [1.82, 2.24) is 4.98 Å². The molecule has 0 aliphatic carbocycles. The van der Waals surface area contributed by atoms with Gasteiger partial charge in [-0.05, 0) is 19.6 Å². The minimum Gasteiger partial charge on any atom is -0.461 e. The molecule has 0 aliphatic rings. The maximum atomic E-state index is 11.4. The van der Waals surface area contributed by atoms with E-state index in [4.69, 9.17) is 4.74 Å². The predicted octanol–water partition coefficient (Wildman–Crippen LogP) is 2.87. The van der Waals surface area contributed by atoms with Crippen LogP contribution in [0.4, 0.5) is 5.13 Å². The molecule has 0 saturated heterocycles. The summed E-state index contributed by atoms with van der Waals surface area (Å²) in [5, 5.41) is 5.84. The Hall–Kier alpha value is -0.750. The highest BCUT2D eigenvalue weighted by molar-refractivity contribution is 7.98. The third-order valence-corrected chi connectivity index (χ3v) is 3.69. The third kappa shape index (κ3) is 4.55. The van der Waals surface area contributed by atoms with Crippen LogP contribution < -0.4 is 5.32 Å². The molecule has 17 heavy (non-hydrogen) atoms. The Bertz CT molecular complexity index is 355. The number of anilines is 1. The van der Waals surface area contributed by atoms with E-state index in [1.165, 1.54) is 11.3 Å². The van der Waals surface area contributed by atoms with Crippen molar-refractivity contribution in [2.45, 2.75) is 26.3 Å². The average Bonchev–Trinajstić information content (AvgIpc) is 2.77. The average molecular weight is 274 g/mol. The number of nitrogens with zero attached hydrogens (tertiary/aromatic N) is 1. The Morgan fingerprint density at radius 3 is 3.00 bits per heavy atom. The van der Waals surface area contributed by atoms with Crippen molar-refractivity contribution in [2.75, 3.05) is 23.9 Å². The number of hydrogen-bond donors (Lipinski definition) is 1. The SMILES string of the molecule is CCOC(=O)c1csc(NC(CC)CSC)n1. The molecule has 1 N–H and O–H groups in total. The van der Waals surface area contributed by atoms with Crippen LogP contribution in [0.2, 0.25) is 0 Å². The fourth-order valence-electron chi connectivity index (χ4n) is 1.28. The van der Waals surface area contributed by atoms with Crippen LogP contribution in [-0.4, -0.2) is 35.6 Å². The lowest BCUT2D eigenvalue weighted by Crippen LogP contribution is -2.21. The third-order valence-electron chi connectivity index (χ3n) is 2.18. The van der Waals surface area contributed by atoms with E-state index in [0.717, 1.165) is 17.3 Å². The van der Waals surface area contributed by atoms with Gasteiger partial charge in [0.15, 0.2) is 10.8 Å². The molecule has 96 valence electrons. The molecule has 0 saturated carbocycles. The molecular formula is C11H18N2O2S2. The van der Waals surface area contributed by atoms with Crippen LogP contribution in [0.3, 0.4) is 0 Å². The van der Waals surface area contributed by atoms with E-state index in [0.29, 0.717) is 18.3 Å². The lowest BCUT2D eigenvalue weighted by molar-refractivity contribution is 0.0520. The maximum absolute atomic E-state index is 11.4. The lowest BCUT2D eigenvalue weighted by atomic mass is 10.3. The van der Waals surface area contributed by atoms with Crippen molar-refractivity contribution >= 4 is 34.2 Å². The number of nitrogens with one attached hydrogen (secondary N) is 1. The maximum Gasteiger partial charge on any atom is 0.357 e. The van der Waals surface area contributed by atoms with Crippen LogP contribution >= 0.6 is 23.1 Å². The fraction of sp³-hybridized carbons (Fsp3) is 0.636. The van der Waals surface area contributed by atoms with Crippen molar-refractivity contribution in [3.8, 4) is 0 Å². The summed E-state index contributed by atoms with van der Waals surface area (Å²) in [6, 6.07) is 0.395. The molecule has 1 atom stereocenters. The van der Waals surface area contributed by atoms with Gasteiger partial charge in [0.25, 0.3) is 0 Å². The Morgan fingerprint density at radius 2 is 2.41 bits per heavy atom. The van der Waals surface area contributed by atoms with Crippen molar-refractivity contribution < 1.29 is 9.53 Å². The number of aromatic nitrogens is 1. The number of ether oxygens (including phenoxy) is 1. The highest BCUT2D eigenvalue weighted by Crippen LogP contribution is 2.18. The molecule has 4 nitrogen and oxygen atoms in total. The van der Waals surface area contributed by atoms with Gasteiger partial charge in [0.1, 0.15) is 0 Å². The second-order valence-corrected chi connectivity index (χ2v) is 5.23. The van der Waals surface area contributed by atoms with Crippen LogP contribution in [-0.2, 0) is 4.74 Å². The molecule has 0 amide bonds. The van der Waals surface area contributed by atoms with Crippen molar-refractivity contribution in [3.63, 3.8) is 0 Å². The van der Waals surface area contributed by atoms with E-state index in [1.807, 2.05) is 0 Å². The van der Waals surface area contributed by atoms with E-state index in [1.54, 1.807) is 24.1 Å². The van der Waals surface area contributed by atoms with Crippen LogP contribution in [0.25, 0.3) is 0 Å². The van der Waals surface area contributed by atoms with E-state index in [9.17, 15) is 4.79 Å². The first kappa shape index (κ1) is 14.3. The molecule has 0 bridgehead atoms. The molecule has 1 heterocycles. The normalized spacial score (nSPS) is 12.2. The lowest BCUT2D eigenvalue weighted by Gasteiger charge is -2.14. The molecule has 0 aromatic carbocycles. The number of carbonyl (C=O) groups excluding carboxylic acids is 1. The summed E-state index contributed by atoms with van der Waals surface area (Å²) in [5.41, 5.74) is 0.387. The van der Waals surface area contributed by atoms with Gasteiger partial charge in [-0.3, -0.25) is 0 Å². The largest absolute Gasteiger partial charge is 0.461 e. The minimum absolute atomic E-state index is 0.352. The number of esters is 1. The van der Waals surface area contributed by atoms with Gasteiger partial charge in [-0.15, -0.1) is 11.3 Å². The number of thiazole rings is 1. The van der Waals surface area contributed by atoms with Gasteiger partial charge in [0.2, 0.25) is 0 Å². The summed E-state index contributed by atoms with van der Waals surface area (Å²) < 4.78 is 4.89. The van der Waals surface area contributed by atoms with Crippen LogP contribution in [0.15, 0.2) is 5.38 Å². The zero-order valence-electron chi connectivity index (χ0n) is 10.4. The van der Waals surface area contributed by atoms with Gasteiger partial charge in [0, 0.05) is 17.2 Å². The Labute approximate surface area is 110 Å². The fourth-order valence-corrected chi connectivity index (χ4v) is 2.76. The molecule has 0 spiro atoms. The summed E-state index contributed by atoms with van der Waals surface area (Å²) in [4.78, 5) is 15.7. The first-order valence-corrected chi connectivity index (χ1v) is 7.86. The molecule has 1 aromatic heterocycles. The summed E-state index contributed by atoms with van der Waals surface area (Å²) >= 11 is 3.24. The van der Waals surface area contributed by atoms with Gasteiger partial charge in [-0.1, -0.05) is 6.92 Å². The van der Waals surface area contributed by atoms with Gasteiger partial charge >= 0.3 is 5.97 Å². The second-order valence-electron chi connectivity index (χ2n) is 3.46. The van der Waals surface area contributed by atoms with Crippen molar-refractivity contribution in [1.29, 1.82) is 0 Å². The molecule has 1 rings (SSSR count). The van der Waals surface area contributed by atoms with Gasteiger partial charge in [0.05, 0.1) is 6.61 Å². The van der Waals surface area contributed by atoms with E-state index < -0.39 is 0 Å². The van der Waals surface area contributed by atoms with E-state index in [-0.39, 0.29) is 5.97 Å². The van der Waals surface area contributed by atoms with Crippen molar-refractivity contribution in [3.05, 3.63) is 11.1 Å². The number of thioether (sulfide) groups is 1. The monoisotopic (exact) mass is 274 g/mol. The topological polar surface area (TPSA) is 51.2 Å². The van der Waals surface area contributed by atoms with Crippen LogP contribution in [0, 0.1) is 0 Å². The molecular weight excluding hydrogens is 256 g/mol. The molecule has 0 radical (unpaired) electrons. The molecule has 1 aromatic rings. The van der Waals surface area contributed by atoms with Crippen LogP contribution in [0.5, 0.6) is 0 Å². The van der Waals surface area contributed by atoms with E-state index in [2.05, 4.69) is 23.5 Å². The molecule has 0 aliphatic heterocycles. The quantitative estimate of drug-likeness (QED) is 0.775. The van der Waals surface area contributed by atoms with Gasteiger partial charge in [-0.2, -0.15) is 11.8 Å². The first-order chi connectivity index (χ1) is 8.21. The Balaban J connectivity index is 2.58. The highest BCUT2D eigenvalue weighted by Gasteiger charge is 2.13. The minimum atomic E-state index is -0.352. The van der Waals surface area contributed by atoms with Gasteiger partial charge < -0.3 is 10.1 Å².